The molecule has 1 unspecified atom stereocenters. The van der Waals surface area contributed by atoms with Gasteiger partial charge in [0.2, 0.25) is 0 Å². The summed E-state index contributed by atoms with van der Waals surface area (Å²) in [4.78, 5) is 10.9. The zero-order chi connectivity index (χ0) is 26.3. The van der Waals surface area contributed by atoms with Crippen LogP contribution in [0.15, 0.2) is 82.3 Å². The third kappa shape index (κ3) is 11.0. The van der Waals surface area contributed by atoms with Gasteiger partial charge in [-0.25, -0.2) is 9.98 Å². The molecule has 1 aliphatic carbocycles. The highest BCUT2D eigenvalue weighted by molar-refractivity contribution is 5.91. The molecule has 0 radical (unpaired) electrons. The van der Waals surface area contributed by atoms with Crippen molar-refractivity contribution in [3.8, 4) is 0 Å². The van der Waals surface area contributed by atoms with Crippen molar-refractivity contribution in [2.75, 3.05) is 34.9 Å². The van der Waals surface area contributed by atoms with Crippen LogP contribution in [0.5, 0.6) is 0 Å². The van der Waals surface area contributed by atoms with E-state index in [1.165, 1.54) is 12.8 Å². The smallest absolute Gasteiger partial charge is 0.256 e. The first-order chi connectivity index (χ1) is 16.7. The number of rotatable bonds is 14. The largest absolute Gasteiger partial charge is 0.488 e. The van der Waals surface area contributed by atoms with Crippen molar-refractivity contribution >= 4 is 11.7 Å². The molecule has 0 aliphatic heterocycles. The summed E-state index contributed by atoms with van der Waals surface area (Å²) in [5.74, 6) is 2.46. The molecule has 1 saturated carbocycles. The Morgan fingerprint density at radius 3 is 2.37 bits per heavy atom. The predicted octanol–water partition coefficient (Wildman–Crippen LogP) is 6.61. The first kappa shape index (κ1) is 30.2. The molecule has 1 fully saturated rings. The summed E-state index contributed by atoms with van der Waals surface area (Å²) < 4.78 is 17.0. The van der Waals surface area contributed by atoms with E-state index in [4.69, 9.17) is 14.2 Å². The van der Waals surface area contributed by atoms with Gasteiger partial charge >= 0.3 is 0 Å². The van der Waals surface area contributed by atoms with Crippen molar-refractivity contribution < 1.29 is 14.2 Å². The zero-order valence-corrected chi connectivity index (χ0v) is 23.0. The van der Waals surface area contributed by atoms with Crippen molar-refractivity contribution in [3.05, 3.63) is 72.3 Å². The lowest BCUT2D eigenvalue weighted by atomic mass is 9.86. The number of ether oxygens (including phenoxy) is 3. The number of hydrogen-bond acceptors (Lipinski definition) is 5. The highest BCUT2D eigenvalue weighted by Crippen LogP contribution is 2.32. The van der Waals surface area contributed by atoms with Crippen LogP contribution in [0.25, 0.3) is 0 Å². The van der Waals surface area contributed by atoms with Gasteiger partial charge in [-0.1, -0.05) is 43.0 Å². The fraction of sp³-hybridized carbons (Fsp3) is 0.517. The molecule has 1 aliphatic rings. The lowest BCUT2D eigenvalue weighted by molar-refractivity contribution is 0.0645. The number of hydrogen-bond donors (Lipinski definition) is 0. The Hall–Kier alpha value is -2.86. The first-order valence-electron chi connectivity index (χ1n) is 12.2. The van der Waals surface area contributed by atoms with Gasteiger partial charge in [0.1, 0.15) is 11.4 Å². The summed E-state index contributed by atoms with van der Waals surface area (Å²) in [6.07, 6.45) is 19.9. The summed E-state index contributed by atoms with van der Waals surface area (Å²) in [5, 5.41) is 0. The Balaban J connectivity index is 2.99. The molecule has 0 bridgehead atoms. The molecule has 0 aromatic heterocycles. The van der Waals surface area contributed by atoms with Crippen LogP contribution in [0.2, 0.25) is 0 Å². The van der Waals surface area contributed by atoms with Gasteiger partial charge in [-0.15, -0.1) is 0 Å². The van der Waals surface area contributed by atoms with Gasteiger partial charge in [0, 0.05) is 40.0 Å². The van der Waals surface area contributed by atoms with Crippen molar-refractivity contribution in [1.82, 2.24) is 4.90 Å². The van der Waals surface area contributed by atoms with E-state index in [1.807, 2.05) is 64.2 Å². The molecule has 0 aromatic carbocycles. The summed E-state index contributed by atoms with van der Waals surface area (Å²) >= 11 is 0. The standard InChI is InChI=1S/C29H45N3O3/c1-10-14-26(15-12-13-19-30-28(33-8)24(4)35-22-27-16-17-27)20-29(34-9,18-11-2)23(3)21-31-25(5)32(6)7/h10-11,13-15,18-19,21,27H,4,12,16-17,20,22H2,1-3,5-9H3/b14-10+,18-11+,19-13+,23-21+,26-15+,30-28?,31-25?. The minimum Gasteiger partial charge on any atom is -0.488 e. The van der Waals surface area contributed by atoms with Crippen molar-refractivity contribution in [1.29, 1.82) is 0 Å². The molecule has 6 heteroatoms. The molecule has 1 atom stereocenters. The van der Waals surface area contributed by atoms with E-state index in [-0.39, 0.29) is 0 Å². The summed E-state index contributed by atoms with van der Waals surface area (Å²) in [6, 6.07) is 0. The van der Waals surface area contributed by atoms with Gasteiger partial charge in [-0.3, -0.25) is 0 Å². The molecule has 0 spiro atoms. The number of amidine groups is 1. The Kier molecular flexibility index (Phi) is 13.7. The maximum absolute atomic E-state index is 6.06. The molecule has 0 N–H and O–H groups in total. The molecule has 194 valence electrons. The zero-order valence-electron chi connectivity index (χ0n) is 23.0. The van der Waals surface area contributed by atoms with E-state index in [1.54, 1.807) is 20.4 Å². The fourth-order valence-electron chi connectivity index (χ4n) is 3.24. The van der Waals surface area contributed by atoms with Gasteiger partial charge < -0.3 is 19.1 Å². The number of allylic oxidation sites excluding steroid dienone is 5. The fourth-order valence-corrected chi connectivity index (χ4v) is 3.24. The summed E-state index contributed by atoms with van der Waals surface area (Å²) in [6.45, 7) is 12.7. The maximum Gasteiger partial charge on any atom is 0.256 e. The van der Waals surface area contributed by atoms with E-state index in [0.29, 0.717) is 37.0 Å². The Bertz CT molecular complexity index is 887. The molecule has 1 rings (SSSR count). The monoisotopic (exact) mass is 483 g/mol. The molecular formula is C29H45N3O3. The van der Waals surface area contributed by atoms with Crippen LogP contribution in [-0.2, 0) is 14.2 Å². The van der Waals surface area contributed by atoms with Gasteiger partial charge in [-0.05, 0) is 64.0 Å². The normalized spacial score (nSPS) is 17.9. The van der Waals surface area contributed by atoms with Gasteiger partial charge in [0.25, 0.3) is 5.90 Å². The van der Waals surface area contributed by atoms with Crippen molar-refractivity contribution in [3.63, 3.8) is 0 Å². The van der Waals surface area contributed by atoms with Crippen LogP contribution in [0, 0.1) is 5.92 Å². The second kappa shape index (κ2) is 15.9. The second-order valence-corrected chi connectivity index (χ2v) is 8.87. The quantitative estimate of drug-likeness (QED) is 0.0917. The van der Waals surface area contributed by atoms with Crippen LogP contribution < -0.4 is 0 Å². The Labute approximate surface area is 213 Å². The average Bonchev–Trinajstić information content (AvgIpc) is 3.67. The minimum atomic E-state index is -0.585. The molecule has 0 heterocycles. The molecule has 35 heavy (non-hydrogen) atoms. The highest BCUT2D eigenvalue weighted by atomic mass is 16.5. The van der Waals surface area contributed by atoms with Crippen LogP contribution in [0.1, 0.15) is 53.4 Å². The predicted molar refractivity (Wildman–Crippen MR) is 149 cm³/mol. The Morgan fingerprint density at radius 1 is 1.11 bits per heavy atom. The number of aliphatic imine (C=N–C) groups is 2. The third-order valence-electron chi connectivity index (χ3n) is 5.84. The van der Waals surface area contributed by atoms with E-state index >= 15 is 0 Å². The van der Waals surface area contributed by atoms with E-state index < -0.39 is 5.60 Å². The van der Waals surface area contributed by atoms with Crippen LogP contribution in [0.3, 0.4) is 0 Å². The molecule has 0 saturated heterocycles. The van der Waals surface area contributed by atoms with Gasteiger partial charge in [0.05, 0.1) is 13.7 Å². The SMILES string of the molecule is C=C(OCC1CC1)C(=N/C=C/C/C=C(\C=C\C)CC(/C=C/C)(OC)/C(C)=C/N=C(C)N(C)C)OC. The lowest BCUT2D eigenvalue weighted by Crippen LogP contribution is -2.31. The Morgan fingerprint density at radius 2 is 1.83 bits per heavy atom. The second-order valence-electron chi connectivity index (χ2n) is 8.87. The number of methoxy groups -OCH3 is 2. The minimum absolute atomic E-state index is 0.403. The van der Waals surface area contributed by atoms with Gasteiger partial charge in [0.15, 0.2) is 5.76 Å². The first-order valence-corrected chi connectivity index (χ1v) is 12.2. The molecule has 0 aromatic rings. The van der Waals surface area contributed by atoms with E-state index in [9.17, 15) is 0 Å². The molecule has 6 nitrogen and oxygen atoms in total. The van der Waals surface area contributed by atoms with E-state index in [2.05, 4.69) is 41.7 Å². The summed E-state index contributed by atoms with van der Waals surface area (Å²) in [7, 11) is 7.28. The average molecular weight is 484 g/mol. The molecular weight excluding hydrogens is 438 g/mol. The van der Waals surface area contributed by atoms with Crippen LogP contribution in [-0.4, -0.2) is 57.2 Å². The maximum atomic E-state index is 6.06. The van der Waals surface area contributed by atoms with Crippen LogP contribution in [0.4, 0.5) is 0 Å². The molecule has 0 amide bonds. The third-order valence-corrected chi connectivity index (χ3v) is 5.84. The van der Waals surface area contributed by atoms with Gasteiger partial charge in [-0.2, -0.15) is 0 Å². The summed E-state index contributed by atoms with van der Waals surface area (Å²) in [5.41, 5.74) is 1.60. The van der Waals surface area contributed by atoms with E-state index in [0.717, 1.165) is 17.0 Å². The lowest BCUT2D eigenvalue weighted by Gasteiger charge is -2.31. The van der Waals surface area contributed by atoms with Crippen molar-refractivity contribution in [2.45, 2.75) is 59.0 Å². The highest BCUT2D eigenvalue weighted by Gasteiger charge is 2.29. The topological polar surface area (TPSA) is 55.7 Å². The van der Waals surface area contributed by atoms with Crippen LogP contribution >= 0.6 is 0 Å². The number of nitrogens with zero attached hydrogens (tertiary/aromatic N) is 3. The van der Waals surface area contributed by atoms with Crippen molar-refractivity contribution in [2.24, 2.45) is 15.9 Å².